The third-order valence-electron chi connectivity index (χ3n) is 3.42. The molecule has 1 atom stereocenters. The number of carboxylic acid groups (broad SMARTS) is 1. The molecule has 116 valence electrons. The van der Waals surface area contributed by atoms with E-state index in [-0.39, 0.29) is 18.4 Å². The molecule has 0 radical (unpaired) electrons. The third kappa shape index (κ3) is 5.21. The van der Waals surface area contributed by atoms with Crippen LogP contribution in [0.15, 0.2) is 24.3 Å². The first-order valence-electron chi connectivity index (χ1n) is 7.47. The van der Waals surface area contributed by atoms with Crippen LogP contribution in [0.4, 0.5) is 5.69 Å². The highest BCUT2D eigenvalue weighted by atomic mass is 16.4. The fourth-order valence-corrected chi connectivity index (χ4v) is 2.07. The van der Waals surface area contributed by atoms with Gasteiger partial charge in [-0.1, -0.05) is 39.8 Å². The second-order valence-electron chi connectivity index (χ2n) is 5.86. The summed E-state index contributed by atoms with van der Waals surface area (Å²) in [5.41, 5.74) is 1.97. The van der Waals surface area contributed by atoms with E-state index in [0.29, 0.717) is 6.42 Å². The number of anilines is 1. The number of aliphatic carboxylic acids is 1. The Labute approximate surface area is 126 Å². The summed E-state index contributed by atoms with van der Waals surface area (Å²) in [5, 5.41) is 9.09. The minimum atomic E-state index is -0.887. The van der Waals surface area contributed by atoms with Crippen LogP contribution in [0.2, 0.25) is 0 Å². The summed E-state index contributed by atoms with van der Waals surface area (Å²) in [6.45, 7) is 7.86. The Balaban J connectivity index is 2.98. The van der Waals surface area contributed by atoms with Gasteiger partial charge in [0, 0.05) is 18.7 Å². The number of carbonyl (C=O) groups is 2. The summed E-state index contributed by atoms with van der Waals surface area (Å²) in [7, 11) is 0. The van der Waals surface area contributed by atoms with Gasteiger partial charge in [0.05, 0.1) is 5.92 Å². The van der Waals surface area contributed by atoms with E-state index >= 15 is 0 Å². The van der Waals surface area contributed by atoms with Crippen molar-refractivity contribution in [2.24, 2.45) is 11.8 Å². The summed E-state index contributed by atoms with van der Waals surface area (Å²) in [4.78, 5) is 25.1. The molecule has 0 saturated carbocycles. The number of nitrogens with zero attached hydrogens (tertiary/aromatic N) is 1. The van der Waals surface area contributed by atoms with Gasteiger partial charge in [-0.25, -0.2) is 0 Å². The number of carbonyl (C=O) groups excluding carboxylic acids is 1. The number of amides is 1. The van der Waals surface area contributed by atoms with Gasteiger partial charge in [-0.3, -0.25) is 9.59 Å². The van der Waals surface area contributed by atoms with Crippen LogP contribution in [0.5, 0.6) is 0 Å². The number of aryl methyl sites for hydroxylation is 1. The summed E-state index contributed by atoms with van der Waals surface area (Å²) in [6.07, 6.45) is 1.35. The van der Waals surface area contributed by atoms with E-state index in [1.807, 2.05) is 38.1 Å². The maximum absolute atomic E-state index is 12.4. The Bertz CT molecular complexity index is 479. The first-order chi connectivity index (χ1) is 9.85. The number of benzene rings is 1. The molecule has 1 rings (SSSR count). The minimum absolute atomic E-state index is 0.0256. The third-order valence-corrected chi connectivity index (χ3v) is 3.42. The molecule has 0 aliphatic rings. The van der Waals surface area contributed by atoms with Gasteiger partial charge in [0.2, 0.25) is 5.91 Å². The summed E-state index contributed by atoms with van der Waals surface area (Å²) in [6, 6.07) is 7.75. The molecule has 0 heterocycles. The van der Waals surface area contributed by atoms with Crippen LogP contribution in [-0.2, 0) is 16.0 Å². The molecule has 1 amide bonds. The molecule has 1 aromatic carbocycles. The van der Waals surface area contributed by atoms with Crippen molar-refractivity contribution in [3.05, 3.63) is 29.8 Å². The van der Waals surface area contributed by atoms with Gasteiger partial charge < -0.3 is 10.0 Å². The van der Waals surface area contributed by atoms with Crippen LogP contribution >= 0.6 is 0 Å². The van der Waals surface area contributed by atoms with Crippen molar-refractivity contribution in [1.29, 1.82) is 0 Å². The van der Waals surface area contributed by atoms with E-state index in [4.69, 9.17) is 5.11 Å². The van der Waals surface area contributed by atoms with Gasteiger partial charge in [-0.2, -0.15) is 0 Å². The molecular weight excluding hydrogens is 266 g/mol. The largest absolute Gasteiger partial charge is 0.481 e. The minimum Gasteiger partial charge on any atom is -0.481 e. The molecule has 21 heavy (non-hydrogen) atoms. The molecular formula is C17H25NO3. The highest BCUT2D eigenvalue weighted by Gasteiger charge is 2.22. The average molecular weight is 291 g/mol. The molecule has 0 aromatic heterocycles. The van der Waals surface area contributed by atoms with Crippen LogP contribution in [-0.4, -0.2) is 23.5 Å². The van der Waals surface area contributed by atoms with Crippen LogP contribution < -0.4 is 4.90 Å². The van der Waals surface area contributed by atoms with Crippen molar-refractivity contribution in [3.8, 4) is 0 Å². The van der Waals surface area contributed by atoms with Crippen molar-refractivity contribution in [3.63, 3.8) is 0 Å². The lowest BCUT2D eigenvalue weighted by Crippen LogP contribution is -2.37. The predicted octanol–water partition coefficient (Wildman–Crippen LogP) is 3.35. The molecule has 0 saturated heterocycles. The zero-order chi connectivity index (χ0) is 16.0. The lowest BCUT2D eigenvalue weighted by Gasteiger charge is -2.25. The number of hydrogen-bond acceptors (Lipinski definition) is 2. The molecule has 4 heteroatoms. The molecule has 0 spiro atoms. The van der Waals surface area contributed by atoms with Crippen molar-refractivity contribution in [2.75, 3.05) is 11.4 Å². The van der Waals surface area contributed by atoms with Crippen LogP contribution in [0, 0.1) is 11.8 Å². The quantitative estimate of drug-likeness (QED) is 0.838. The molecule has 1 unspecified atom stereocenters. The highest BCUT2D eigenvalue weighted by molar-refractivity contribution is 5.94. The molecule has 1 N–H and O–H groups in total. The van der Waals surface area contributed by atoms with E-state index in [0.717, 1.165) is 12.1 Å². The first-order valence-corrected chi connectivity index (χ1v) is 7.47. The summed E-state index contributed by atoms with van der Waals surface area (Å²) < 4.78 is 0. The SMILES string of the molecule is CCc1ccc(N(CC(C)C(=O)O)C(=O)CC(C)C)cc1. The lowest BCUT2D eigenvalue weighted by molar-refractivity contribution is -0.140. The summed E-state index contributed by atoms with van der Waals surface area (Å²) >= 11 is 0. The standard InChI is InChI=1S/C17H25NO3/c1-5-14-6-8-15(9-7-14)18(11-13(4)17(20)21)16(19)10-12(2)3/h6-9,12-13H,5,10-11H2,1-4H3,(H,20,21). The fraction of sp³-hybridized carbons (Fsp3) is 0.529. The monoisotopic (exact) mass is 291 g/mol. The van der Waals surface area contributed by atoms with Gasteiger partial charge >= 0.3 is 5.97 Å². The first kappa shape index (κ1) is 17.2. The highest BCUT2D eigenvalue weighted by Crippen LogP contribution is 2.20. The molecule has 0 fully saturated rings. The second kappa shape index (κ2) is 7.81. The van der Waals surface area contributed by atoms with E-state index < -0.39 is 11.9 Å². The second-order valence-corrected chi connectivity index (χ2v) is 5.86. The molecule has 0 aliphatic carbocycles. The normalized spacial score (nSPS) is 12.2. The Morgan fingerprint density at radius 2 is 1.71 bits per heavy atom. The van der Waals surface area contributed by atoms with Gasteiger partial charge in [-0.05, 0) is 30.0 Å². The number of rotatable bonds is 7. The van der Waals surface area contributed by atoms with E-state index in [2.05, 4.69) is 6.92 Å². The van der Waals surface area contributed by atoms with Crippen LogP contribution in [0.25, 0.3) is 0 Å². The van der Waals surface area contributed by atoms with Crippen LogP contribution in [0.3, 0.4) is 0 Å². The van der Waals surface area contributed by atoms with Crippen molar-refractivity contribution in [2.45, 2.75) is 40.5 Å². The predicted molar refractivity (Wildman–Crippen MR) is 84.4 cm³/mol. The Morgan fingerprint density at radius 3 is 2.14 bits per heavy atom. The van der Waals surface area contributed by atoms with Crippen molar-refractivity contribution < 1.29 is 14.7 Å². The number of hydrogen-bond donors (Lipinski definition) is 1. The van der Waals surface area contributed by atoms with Crippen molar-refractivity contribution in [1.82, 2.24) is 0 Å². The van der Waals surface area contributed by atoms with E-state index in [1.165, 1.54) is 5.56 Å². The van der Waals surface area contributed by atoms with Gasteiger partial charge in [0.25, 0.3) is 0 Å². The zero-order valence-electron chi connectivity index (χ0n) is 13.3. The van der Waals surface area contributed by atoms with Gasteiger partial charge in [0.1, 0.15) is 0 Å². The van der Waals surface area contributed by atoms with Crippen molar-refractivity contribution >= 4 is 17.6 Å². The van der Waals surface area contributed by atoms with Gasteiger partial charge in [0.15, 0.2) is 0 Å². The van der Waals surface area contributed by atoms with Crippen LogP contribution in [0.1, 0.15) is 39.7 Å². The molecule has 0 bridgehead atoms. The maximum atomic E-state index is 12.4. The Kier molecular flexibility index (Phi) is 6.40. The van der Waals surface area contributed by atoms with E-state index in [1.54, 1.807) is 11.8 Å². The average Bonchev–Trinajstić information content (AvgIpc) is 2.43. The molecule has 4 nitrogen and oxygen atoms in total. The molecule has 1 aromatic rings. The molecule has 0 aliphatic heterocycles. The fourth-order valence-electron chi connectivity index (χ4n) is 2.07. The lowest BCUT2D eigenvalue weighted by atomic mass is 10.1. The Morgan fingerprint density at radius 1 is 1.14 bits per heavy atom. The maximum Gasteiger partial charge on any atom is 0.308 e. The smallest absolute Gasteiger partial charge is 0.308 e. The zero-order valence-corrected chi connectivity index (χ0v) is 13.3. The van der Waals surface area contributed by atoms with E-state index in [9.17, 15) is 9.59 Å². The van der Waals surface area contributed by atoms with Gasteiger partial charge in [-0.15, -0.1) is 0 Å². The summed E-state index contributed by atoms with van der Waals surface area (Å²) in [5.74, 6) is -1.26. The Hall–Kier alpha value is -1.84. The number of carboxylic acids is 1. The topological polar surface area (TPSA) is 57.6 Å².